The molecule has 0 aliphatic carbocycles. The molecule has 0 radical (unpaired) electrons. The van der Waals surface area contributed by atoms with Gasteiger partial charge in [0.05, 0.1) is 19.8 Å². The third-order valence-corrected chi connectivity index (χ3v) is 5.21. The van der Waals surface area contributed by atoms with Gasteiger partial charge in [-0.2, -0.15) is 5.26 Å². The number of nitrogens with one attached hydrogen (secondary N) is 2. The summed E-state index contributed by atoms with van der Waals surface area (Å²) in [6, 6.07) is 20.2. The summed E-state index contributed by atoms with van der Waals surface area (Å²) in [4.78, 5) is 36.4. The van der Waals surface area contributed by atoms with E-state index in [0.717, 1.165) is 5.56 Å². The Balaban J connectivity index is 1.67. The monoisotopic (exact) mass is 499 g/mol. The number of anilines is 2. The summed E-state index contributed by atoms with van der Waals surface area (Å²) in [6.07, 6.45) is 1.40. The van der Waals surface area contributed by atoms with Crippen LogP contribution in [0.2, 0.25) is 0 Å². The molecule has 0 atom stereocenters. The largest absolute Gasteiger partial charge is 0.493 e. The number of carbonyl (C=O) groups is 3. The predicted octanol–water partition coefficient (Wildman–Crippen LogP) is 4.35. The molecular weight excluding hydrogens is 474 g/mol. The van der Waals surface area contributed by atoms with Crippen molar-refractivity contribution >= 4 is 35.2 Å². The summed E-state index contributed by atoms with van der Waals surface area (Å²) >= 11 is 0. The third-order valence-electron chi connectivity index (χ3n) is 5.21. The van der Waals surface area contributed by atoms with E-state index >= 15 is 0 Å². The normalized spacial score (nSPS) is 10.6. The summed E-state index contributed by atoms with van der Waals surface area (Å²) in [7, 11) is 2.72. The summed E-state index contributed by atoms with van der Waals surface area (Å²) in [5, 5.41) is 14.9. The number of benzene rings is 3. The van der Waals surface area contributed by atoms with Gasteiger partial charge < -0.3 is 24.8 Å². The van der Waals surface area contributed by atoms with Crippen LogP contribution in [0.15, 0.2) is 72.3 Å². The molecule has 2 N–H and O–H groups in total. The number of methoxy groups -OCH3 is 2. The molecule has 3 rings (SSSR count). The molecule has 0 aliphatic rings. The fourth-order valence-electron chi connectivity index (χ4n) is 3.26. The molecule has 37 heavy (non-hydrogen) atoms. The van der Waals surface area contributed by atoms with Gasteiger partial charge in [-0.25, -0.2) is 4.79 Å². The SMILES string of the molecule is COC(=O)c1ccc(NC(=O)/C(C#N)=C\c2ccc(OCC(=O)Nc3ccccc3C)c(OC)c2)cc1. The lowest BCUT2D eigenvalue weighted by atomic mass is 10.1. The van der Waals surface area contributed by atoms with Crippen molar-refractivity contribution in [1.82, 2.24) is 0 Å². The fraction of sp³-hybridized carbons (Fsp3) is 0.143. The van der Waals surface area contributed by atoms with Gasteiger partial charge in [0.2, 0.25) is 0 Å². The molecule has 0 aromatic heterocycles. The molecule has 0 bridgehead atoms. The van der Waals surface area contributed by atoms with E-state index in [-0.39, 0.29) is 18.1 Å². The van der Waals surface area contributed by atoms with Crippen LogP contribution in [0.3, 0.4) is 0 Å². The molecule has 0 unspecified atom stereocenters. The summed E-state index contributed by atoms with van der Waals surface area (Å²) in [5.41, 5.74) is 2.74. The number of hydrogen-bond acceptors (Lipinski definition) is 7. The Morgan fingerprint density at radius 1 is 0.946 bits per heavy atom. The van der Waals surface area contributed by atoms with E-state index in [1.165, 1.54) is 44.6 Å². The first-order valence-electron chi connectivity index (χ1n) is 11.1. The standard InChI is InChI=1S/C28H25N3O6/c1-18-6-4-5-7-23(18)31-26(32)17-37-24-13-8-19(15-25(24)35-2)14-21(16-29)27(33)30-22-11-9-20(10-12-22)28(34)36-3/h4-15H,17H2,1-3H3,(H,30,33)(H,31,32)/b21-14-. The van der Waals surface area contributed by atoms with Crippen LogP contribution in [0.4, 0.5) is 11.4 Å². The summed E-state index contributed by atoms with van der Waals surface area (Å²) in [5.74, 6) is -0.797. The topological polar surface area (TPSA) is 127 Å². The molecule has 0 saturated carbocycles. The van der Waals surface area contributed by atoms with E-state index in [4.69, 9.17) is 9.47 Å². The average molecular weight is 500 g/mol. The maximum absolute atomic E-state index is 12.6. The Kier molecular flexibility index (Phi) is 9.00. The van der Waals surface area contributed by atoms with Crippen LogP contribution in [0.1, 0.15) is 21.5 Å². The van der Waals surface area contributed by atoms with Crippen molar-refractivity contribution in [3.05, 3.63) is 89.0 Å². The Morgan fingerprint density at radius 2 is 1.68 bits per heavy atom. The zero-order chi connectivity index (χ0) is 26.8. The van der Waals surface area contributed by atoms with E-state index < -0.39 is 11.9 Å². The molecule has 0 heterocycles. The Labute approximate surface area is 214 Å². The molecular formula is C28H25N3O6. The predicted molar refractivity (Wildman–Crippen MR) is 138 cm³/mol. The zero-order valence-electron chi connectivity index (χ0n) is 20.5. The average Bonchev–Trinajstić information content (AvgIpc) is 2.91. The number of carbonyl (C=O) groups excluding carboxylic acids is 3. The van der Waals surface area contributed by atoms with Crippen molar-refractivity contribution in [2.24, 2.45) is 0 Å². The number of para-hydroxylation sites is 1. The minimum Gasteiger partial charge on any atom is -0.493 e. The minimum atomic E-state index is -0.625. The van der Waals surface area contributed by atoms with Gasteiger partial charge in [-0.05, 0) is 66.6 Å². The van der Waals surface area contributed by atoms with Crippen molar-refractivity contribution in [1.29, 1.82) is 5.26 Å². The first kappa shape index (κ1) is 26.5. The minimum absolute atomic E-state index is 0.148. The molecule has 2 amide bonds. The van der Waals surface area contributed by atoms with E-state index in [1.807, 2.05) is 31.2 Å². The molecule has 9 nitrogen and oxygen atoms in total. The van der Waals surface area contributed by atoms with Crippen molar-refractivity contribution in [2.45, 2.75) is 6.92 Å². The number of rotatable bonds is 9. The molecule has 3 aromatic carbocycles. The van der Waals surface area contributed by atoms with Gasteiger partial charge in [0.1, 0.15) is 11.6 Å². The highest BCUT2D eigenvalue weighted by atomic mass is 16.5. The number of amides is 2. The van der Waals surface area contributed by atoms with Gasteiger partial charge in [0, 0.05) is 11.4 Å². The number of nitriles is 1. The van der Waals surface area contributed by atoms with E-state index in [1.54, 1.807) is 24.3 Å². The first-order valence-corrected chi connectivity index (χ1v) is 11.1. The maximum Gasteiger partial charge on any atom is 0.337 e. The number of hydrogen-bond donors (Lipinski definition) is 2. The number of aryl methyl sites for hydroxylation is 1. The number of nitrogens with zero attached hydrogens (tertiary/aromatic N) is 1. The van der Waals surface area contributed by atoms with Gasteiger partial charge in [0.25, 0.3) is 11.8 Å². The highest BCUT2D eigenvalue weighted by molar-refractivity contribution is 6.09. The molecule has 3 aromatic rings. The molecule has 0 spiro atoms. The van der Waals surface area contributed by atoms with Crippen molar-refractivity contribution in [3.63, 3.8) is 0 Å². The Hall–Kier alpha value is -5.10. The third kappa shape index (κ3) is 7.19. The Morgan fingerprint density at radius 3 is 2.32 bits per heavy atom. The quantitative estimate of drug-likeness (QED) is 0.255. The molecule has 188 valence electrons. The van der Waals surface area contributed by atoms with Crippen LogP contribution < -0.4 is 20.1 Å². The second-order valence-corrected chi connectivity index (χ2v) is 7.75. The van der Waals surface area contributed by atoms with Crippen molar-refractivity contribution in [3.8, 4) is 17.6 Å². The molecule has 0 saturated heterocycles. The van der Waals surface area contributed by atoms with Crippen LogP contribution in [0, 0.1) is 18.3 Å². The van der Waals surface area contributed by atoms with Gasteiger partial charge >= 0.3 is 5.97 Å². The lowest BCUT2D eigenvalue weighted by Crippen LogP contribution is -2.20. The fourth-order valence-corrected chi connectivity index (χ4v) is 3.26. The van der Waals surface area contributed by atoms with Crippen LogP contribution in [-0.4, -0.2) is 38.6 Å². The number of esters is 1. The smallest absolute Gasteiger partial charge is 0.337 e. The maximum atomic E-state index is 12.6. The van der Waals surface area contributed by atoms with Gasteiger partial charge in [-0.1, -0.05) is 24.3 Å². The first-order chi connectivity index (χ1) is 17.8. The van der Waals surface area contributed by atoms with E-state index in [0.29, 0.717) is 34.0 Å². The van der Waals surface area contributed by atoms with Gasteiger partial charge in [0.15, 0.2) is 18.1 Å². The summed E-state index contributed by atoms with van der Waals surface area (Å²) in [6.45, 7) is 1.66. The number of ether oxygens (including phenoxy) is 3. The van der Waals surface area contributed by atoms with E-state index in [2.05, 4.69) is 15.4 Å². The second-order valence-electron chi connectivity index (χ2n) is 7.75. The second kappa shape index (κ2) is 12.6. The summed E-state index contributed by atoms with van der Waals surface area (Å²) < 4.78 is 15.6. The Bertz CT molecular complexity index is 1370. The molecule has 9 heteroatoms. The van der Waals surface area contributed by atoms with Crippen LogP contribution >= 0.6 is 0 Å². The zero-order valence-corrected chi connectivity index (χ0v) is 20.5. The van der Waals surface area contributed by atoms with Crippen LogP contribution in [-0.2, 0) is 14.3 Å². The van der Waals surface area contributed by atoms with Crippen LogP contribution in [0.5, 0.6) is 11.5 Å². The highest BCUT2D eigenvalue weighted by Crippen LogP contribution is 2.29. The lowest BCUT2D eigenvalue weighted by molar-refractivity contribution is -0.118. The highest BCUT2D eigenvalue weighted by Gasteiger charge is 2.13. The van der Waals surface area contributed by atoms with Gasteiger partial charge in [-0.15, -0.1) is 0 Å². The van der Waals surface area contributed by atoms with Crippen molar-refractivity contribution in [2.75, 3.05) is 31.5 Å². The van der Waals surface area contributed by atoms with Gasteiger partial charge in [-0.3, -0.25) is 9.59 Å². The lowest BCUT2D eigenvalue weighted by Gasteiger charge is -2.12. The molecule has 0 aliphatic heterocycles. The van der Waals surface area contributed by atoms with Crippen molar-refractivity contribution < 1.29 is 28.6 Å². The van der Waals surface area contributed by atoms with E-state index in [9.17, 15) is 19.6 Å². The molecule has 0 fully saturated rings. The van der Waals surface area contributed by atoms with Crippen LogP contribution in [0.25, 0.3) is 6.08 Å².